The smallest absolute Gasteiger partial charge is 0.313 e. The fourth-order valence-electron chi connectivity index (χ4n) is 4.97. The number of nitrogens with one attached hydrogen (secondary N) is 2. The van der Waals surface area contributed by atoms with Crippen molar-refractivity contribution in [1.29, 1.82) is 0 Å². The van der Waals surface area contributed by atoms with Gasteiger partial charge in [0.1, 0.15) is 12.4 Å². The second-order valence-electron chi connectivity index (χ2n) is 10.9. The summed E-state index contributed by atoms with van der Waals surface area (Å²) in [6.45, 7) is 8.88. The molecule has 2 aromatic rings. The van der Waals surface area contributed by atoms with Crippen molar-refractivity contribution in [2.45, 2.75) is 69.0 Å². The normalized spacial score (nSPS) is 21.3. The van der Waals surface area contributed by atoms with Crippen molar-refractivity contribution in [1.82, 2.24) is 20.2 Å². The number of aromatic nitrogens is 2. The average molecular weight is 573 g/mol. The monoisotopic (exact) mass is 571 g/mol. The van der Waals surface area contributed by atoms with Crippen LogP contribution < -0.4 is 15.5 Å². The highest BCUT2D eigenvalue weighted by Gasteiger charge is 2.33. The van der Waals surface area contributed by atoms with E-state index < -0.39 is 12.9 Å². The summed E-state index contributed by atoms with van der Waals surface area (Å²) < 4.78 is 34.0. The van der Waals surface area contributed by atoms with Gasteiger partial charge in [-0.2, -0.15) is 8.78 Å². The summed E-state index contributed by atoms with van der Waals surface area (Å²) in [5, 5.41) is 6.84. The Morgan fingerprint density at radius 1 is 1.29 bits per heavy atom. The van der Waals surface area contributed by atoms with E-state index in [-0.39, 0.29) is 18.5 Å². The third kappa shape index (κ3) is 6.81. The summed E-state index contributed by atoms with van der Waals surface area (Å²) in [7, 11) is -1.15. The zero-order chi connectivity index (χ0) is 25.2. The molecule has 11 heteroatoms. The fourth-order valence-corrected chi connectivity index (χ4v) is 5.92. The highest BCUT2D eigenvalue weighted by molar-refractivity contribution is 9.10. The first-order valence-electron chi connectivity index (χ1n) is 12.4. The van der Waals surface area contributed by atoms with Crippen molar-refractivity contribution in [3.05, 3.63) is 24.0 Å². The summed E-state index contributed by atoms with van der Waals surface area (Å²) >= 11 is 2.38. The first kappa shape index (κ1) is 26.5. The van der Waals surface area contributed by atoms with Crippen LogP contribution in [0.15, 0.2) is 18.5 Å². The number of fused-ring (bicyclic) bond motifs is 3. The number of rotatable bonds is 10. The predicted molar refractivity (Wildman–Crippen MR) is 141 cm³/mol. The maximum atomic E-state index is 13.0. The number of carbonyl (C=O) groups excluding carboxylic acids is 1. The lowest BCUT2D eigenvalue weighted by atomic mass is 9.84. The molecule has 194 valence electrons. The lowest BCUT2D eigenvalue weighted by Gasteiger charge is -2.41. The van der Waals surface area contributed by atoms with Crippen LogP contribution in [-0.2, 0) is 11.5 Å². The number of anilines is 1. The minimum atomic E-state index is -2.87. The third-order valence-electron chi connectivity index (χ3n) is 6.94. The van der Waals surface area contributed by atoms with Gasteiger partial charge in [0.2, 0.25) is 0 Å². The number of alkyl halides is 3. The van der Waals surface area contributed by atoms with E-state index in [1.165, 1.54) is 0 Å². The Balaban J connectivity index is 1.45. The number of ether oxygens (including phenoxy) is 1. The first-order chi connectivity index (χ1) is 16.5. The van der Waals surface area contributed by atoms with Crippen LogP contribution in [0.25, 0.3) is 11.0 Å². The molecule has 1 amide bonds. The van der Waals surface area contributed by atoms with Gasteiger partial charge >= 0.3 is 4.83 Å². The summed E-state index contributed by atoms with van der Waals surface area (Å²) in [6.07, 6.45) is 7.50. The number of amides is 1. The lowest BCUT2D eigenvalue weighted by Crippen LogP contribution is -2.50. The molecule has 2 aromatic heterocycles. The van der Waals surface area contributed by atoms with Gasteiger partial charge < -0.3 is 24.8 Å². The van der Waals surface area contributed by atoms with E-state index in [1.807, 2.05) is 16.8 Å². The molecule has 1 aliphatic carbocycles. The molecule has 0 bridgehead atoms. The minimum absolute atomic E-state index is 0.0987. The molecular weight excluding hydrogens is 536 g/mol. The van der Waals surface area contributed by atoms with Crippen molar-refractivity contribution < 1.29 is 18.3 Å². The molecular formula is C24H36BrF2N5O2Si. The second kappa shape index (κ2) is 10.8. The van der Waals surface area contributed by atoms with Crippen LogP contribution in [0.5, 0.6) is 0 Å². The summed E-state index contributed by atoms with van der Waals surface area (Å²) in [5.41, 5.74) is 2.37. The van der Waals surface area contributed by atoms with Crippen molar-refractivity contribution in [2.24, 2.45) is 5.92 Å². The van der Waals surface area contributed by atoms with Gasteiger partial charge in [-0.15, -0.1) is 0 Å². The van der Waals surface area contributed by atoms with Gasteiger partial charge in [0.15, 0.2) is 0 Å². The molecule has 3 heterocycles. The predicted octanol–water partition coefficient (Wildman–Crippen LogP) is 4.99. The Morgan fingerprint density at radius 3 is 2.71 bits per heavy atom. The van der Waals surface area contributed by atoms with E-state index in [0.717, 1.165) is 55.1 Å². The van der Waals surface area contributed by atoms with Gasteiger partial charge in [-0.05, 0) is 66.2 Å². The quantitative estimate of drug-likeness (QED) is 0.239. The minimum Gasteiger partial charge on any atom is -0.361 e. The molecule has 0 radical (unpaired) electrons. The molecule has 0 saturated heterocycles. The number of halogens is 3. The van der Waals surface area contributed by atoms with E-state index in [4.69, 9.17) is 4.74 Å². The van der Waals surface area contributed by atoms with Crippen LogP contribution in [-0.4, -0.2) is 60.8 Å². The SMILES string of the molecule is C[Si](C)(C)CCOCn1ccc2c3c(cnc21)C(=O)NCN3C1CCC(CNCC(F)(F)Br)CC1. The maximum Gasteiger partial charge on any atom is 0.313 e. The molecule has 0 aromatic carbocycles. The van der Waals surface area contributed by atoms with Crippen LogP contribution in [0.4, 0.5) is 14.5 Å². The standard InChI is InChI=1S/C24H36BrF2N5O2Si/c1-35(2,3)11-10-34-16-31-9-8-19-21-20(13-29-22(19)31)23(33)30-15-32(21)18-6-4-17(5-7-18)12-28-14-24(25,26)27/h8-9,13,17-18,28H,4-7,10-12,14-16H2,1-3H3,(H,30,33). The summed E-state index contributed by atoms with van der Waals surface area (Å²) in [4.78, 5) is 16.7. The lowest BCUT2D eigenvalue weighted by molar-refractivity contribution is 0.0899. The number of nitrogens with zero attached hydrogens (tertiary/aromatic N) is 3. The molecule has 1 fully saturated rings. The van der Waals surface area contributed by atoms with Crippen molar-refractivity contribution in [3.8, 4) is 0 Å². The van der Waals surface area contributed by atoms with Crippen LogP contribution >= 0.6 is 15.9 Å². The fraction of sp³-hybridized carbons (Fsp3) is 0.667. The van der Waals surface area contributed by atoms with E-state index in [2.05, 4.69) is 56.1 Å². The first-order valence-corrected chi connectivity index (χ1v) is 16.9. The number of carbonyl (C=O) groups is 1. The Morgan fingerprint density at radius 2 is 2.03 bits per heavy atom. The van der Waals surface area contributed by atoms with Crippen LogP contribution in [0.3, 0.4) is 0 Å². The largest absolute Gasteiger partial charge is 0.361 e. The molecule has 1 aliphatic heterocycles. The van der Waals surface area contributed by atoms with Crippen molar-refractivity contribution in [2.75, 3.05) is 31.3 Å². The molecule has 7 nitrogen and oxygen atoms in total. The number of pyridine rings is 1. The van der Waals surface area contributed by atoms with Crippen LogP contribution in [0, 0.1) is 5.92 Å². The highest BCUT2D eigenvalue weighted by Crippen LogP contribution is 2.37. The zero-order valence-electron chi connectivity index (χ0n) is 20.7. The summed E-state index contributed by atoms with van der Waals surface area (Å²) in [5.74, 6) is 0.283. The van der Waals surface area contributed by atoms with E-state index in [9.17, 15) is 13.6 Å². The van der Waals surface area contributed by atoms with Crippen molar-refractivity contribution >= 4 is 46.6 Å². The molecule has 4 rings (SSSR count). The Labute approximate surface area is 215 Å². The van der Waals surface area contributed by atoms with Crippen molar-refractivity contribution in [3.63, 3.8) is 0 Å². The summed E-state index contributed by atoms with van der Waals surface area (Å²) in [6, 6.07) is 3.43. The average Bonchev–Trinajstić information content (AvgIpc) is 3.19. The van der Waals surface area contributed by atoms with Gasteiger partial charge in [-0.1, -0.05) is 19.6 Å². The molecule has 0 unspecified atom stereocenters. The van der Waals surface area contributed by atoms with Gasteiger partial charge in [0.25, 0.3) is 5.91 Å². The van der Waals surface area contributed by atoms with Crippen LogP contribution in [0.1, 0.15) is 36.0 Å². The van der Waals surface area contributed by atoms with Gasteiger partial charge in [-0.3, -0.25) is 4.79 Å². The van der Waals surface area contributed by atoms with Gasteiger partial charge in [-0.25, -0.2) is 4.98 Å². The van der Waals surface area contributed by atoms with Gasteiger partial charge in [0.05, 0.1) is 24.5 Å². The highest BCUT2D eigenvalue weighted by atomic mass is 79.9. The molecule has 2 N–H and O–H groups in total. The van der Waals surface area contributed by atoms with E-state index in [1.54, 1.807) is 6.20 Å². The van der Waals surface area contributed by atoms with E-state index >= 15 is 0 Å². The Kier molecular flexibility index (Phi) is 8.19. The topological polar surface area (TPSA) is 71.4 Å². The molecule has 0 spiro atoms. The molecule has 2 aliphatic rings. The number of hydrogen-bond acceptors (Lipinski definition) is 5. The molecule has 35 heavy (non-hydrogen) atoms. The Bertz CT molecular complexity index is 1030. The molecule has 0 atom stereocenters. The Hall–Kier alpha value is -1.56. The third-order valence-corrected chi connectivity index (χ3v) is 8.93. The van der Waals surface area contributed by atoms with E-state index in [0.29, 0.717) is 31.4 Å². The molecule has 1 saturated carbocycles. The maximum absolute atomic E-state index is 13.0. The van der Waals surface area contributed by atoms with Gasteiger partial charge in [0, 0.05) is 38.5 Å². The number of hydrogen-bond donors (Lipinski definition) is 2. The zero-order valence-corrected chi connectivity index (χ0v) is 23.3. The van der Waals surface area contributed by atoms with Crippen LogP contribution in [0.2, 0.25) is 25.7 Å². The second-order valence-corrected chi connectivity index (χ2v) is 17.7.